The standard InChI is InChI=1S/C18H27NO2/c1-21-16-9-4-8-15(12-16)18(20)13-19-11-5-10-17(19)14-6-2-3-7-14/h4,8-9,12,14,17-18,20H,2-3,5-7,10-11,13H2,1H3. The third-order valence-electron chi connectivity index (χ3n) is 5.24. The summed E-state index contributed by atoms with van der Waals surface area (Å²) in [4.78, 5) is 2.53. The summed E-state index contributed by atoms with van der Waals surface area (Å²) >= 11 is 0. The second kappa shape index (κ2) is 6.80. The van der Waals surface area contributed by atoms with Crippen LogP contribution in [0.1, 0.15) is 50.2 Å². The van der Waals surface area contributed by atoms with Crippen LogP contribution >= 0.6 is 0 Å². The molecular weight excluding hydrogens is 262 g/mol. The van der Waals surface area contributed by atoms with Crippen molar-refractivity contribution in [3.8, 4) is 5.75 Å². The predicted molar refractivity (Wildman–Crippen MR) is 84.5 cm³/mol. The average Bonchev–Trinajstić information content (AvgIpc) is 3.18. The van der Waals surface area contributed by atoms with Crippen molar-refractivity contribution < 1.29 is 9.84 Å². The van der Waals surface area contributed by atoms with E-state index in [1.165, 1.54) is 38.5 Å². The van der Waals surface area contributed by atoms with Gasteiger partial charge in [-0.3, -0.25) is 4.90 Å². The minimum Gasteiger partial charge on any atom is -0.497 e. The van der Waals surface area contributed by atoms with Crippen LogP contribution in [0.25, 0.3) is 0 Å². The maximum atomic E-state index is 10.6. The first kappa shape index (κ1) is 14.9. The Balaban J connectivity index is 1.64. The molecule has 3 heteroatoms. The van der Waals surface area contributed by atoms with Gasteiger partial charge < -0.3 is 9.84 Å². The number of β-amino-alcohol motifs (C(OH)–C–C–N with tert-alkyl or cyclic N) is 1. The molecule has 1 aromatic rings. The molecule has 1 heterocycles. The van der Waals surface area contributed by atoms with Gasteiger partial charge in [0.05, 0.1) is 13.2 Å². The Hall–Kier alpha value is -1.06. The molecule has 1 aliphatic carbocycles. The van der Waals surface area contributed by atoms with Crippen LogP contribution in [0, 0.1) is 5.92 Å². The molecule has 0 radical (unpaired) electrons. The molecule has 2 fully saturated rings. The summed E-state index contributed by atoms with van der Waals surface area (Å²) in [5.74, 6) is 1.69. The van der Waals surface area contributed by atoms with Gasteiger partial charge in [-0.2, -0.15) is 0 Å². The molecule has 21 heavy (non-hydrogen) atoms. The first-order chi connectivity index (χ1) is 10.3. The van der Waals surface area contributed by atoms with Crippen molar-refractivity contribution in [2.45, 2.75) is 50.7 Å². The van der Waals surface area contributed by atoms with Crippen LogP contribution in [-0.2, 0) is 0 Å². The Kier molecular flexibility index (Phi) is 4.81. The van der Waals surface area contributed by atoms with E-state index in [9.17, 15) is 5.11 Å². The van der Waals surface area contributed by atoms with Crippen LogP contribution < -0.4 is 4.74 Å². The lowest BCUT2D eigenvalue weighted by molar-refractivity contribution is 0.0893. The molecular formula is C18H27NO2. The molecule has 1 saturated heterocycles. The van der Waals surface area contributed by atoms with Crippen LogP contribution in [0.3, 0.4) is 0 Å². The van der Waals surface area contributed by atoms with E-state index in [0.717, 1.165) is 30.3 Å². The number of aliphatic hydroxyl groups excluding tert-OH is 1. The lowest BCUT2D eigenvalue weighted by Crippen LogP contribution is -2.37. The van der Waals surface area contributed by atoms with Crippen molar-refractivity contribution in [3.63, 3.8) is 0 Å². The number of ether oxygens (including phenoxy) is 1. The van der Waals surface area contributed by atoms with Gasteiger partial charge in [0.1, 0.15) is 5.75 Å². The van der Waals surface area contributed by atoms with Crippen LogP contribution in [0.4, 0.5) is 0 Å². The van der Waals surface area contributed by atoms with Gasteiger partial charge in [-0.1, -0.05) is 25.0 Å². The number of likely N-dealkylation sites (tertiary alicyclic amines) is 1. The van der Waals surface area contributed by atoms with Crippen molar-refractivity contribution in [2.75, 3.05) is 20.2 Å². The summed E-state index contributed by atoms with van der Waals surface area (Å²) in [6.07, 6.45) is 7.75. The van der Waals surface area contributed by atoms with Gasteiger partial charge in [0, 0.05) is 12.6 Å². The summed E-state index contributed by atoms with van der Waals surface area (Å²) in [5, 5.41) is 10.6. The van der Waals surface area contributed by atoms with E-state index in [1.54, 1.807) is 7.11 Å². The first-order valence-corrected chi connectivity index (χ1v) is 8.34. The van der Waals surface area contributed by atoms with E-state index in [1.807, 2.05) is 24.3 Å². The van der Waals surface area contributed by atoms with E-state index >= 15 is 0 Å². The molecule has 1 aliphatic heterocycles. The molecule has 3 nitrogen and oxygen atoms in total. The Morgan fingerprint density at radius 3 is 2.81 bits per heavy atom. The summed E-state index contributed by atoms with van der Waals surface area (Å²) in [5.41, 5.74) is 0.964. The predicted octanol–water partition coefficient (Wildman–Crippen LogP) is 3.38. The Morgan fingerprint density at radius 1 is 1.24 bits per heavy atom. The highest BCUT2D eigenvalue weighted by Crippen LogP contribution is 2.36. The second-order valence-corrected chi connectivity index (χ2v) is 6.54. The zero-order valence-electron chi connectivity index (χ0n) is 13.0. The second-order valence-electron chi connectivity index (χ2n) is 6.54. The normalized spacial score (nSPS) is 25.3. The van der Waals surface area contributed by atoms with Gasteiger partial charge in [-0.15, -0.1) is 0 Å². The first-order valence-electron chi connectivity index (χ1n) is 8.34. The maximum absolute atomic E-state index is 10.6. The highest BCUT2D eigenvalue weighted by Gasteiger charge is 2.34. The Labute approximate surface area is 127 Å². The van der Waals surface area contributed by atoms with Gasteiger partial charge in [0.15, 0.2) is 0 Å². The van der Waals surface area contributed by atoms with Crippen molar-refractivity contribution in [3.05, 3.63) is 29.8 Å². The molecule has 3 rings (SSSR count). The number of hydrogen-bond acceptors (Lipinski definition) is 3. The van der Waals surface area contributed by atoms with Crippen molar-refractivity contribution in [1.82, 2.24) is 4.90 Å². The number of rotatable bonds is 5. The van der Waals surface area contributed by atoms with Gasteiger partial charge >= 0.3 is 0 Å². The molecule has 0 spiro atoms. The monoisotopic (exact) mass is 289 g/mol. The van der Waals surface area contributed by atoms with Gasteiger partial charge in [0.25, 0.3) is 0 Å². The van der Waals surface area contributed by atoms with E-state index < -0.39 is 6.10 Å². The minimum absolute atomic E-state index is 0.415. The zero-order chi connectivity index (χ0) is 14.7. The molecule has 0 aromatic heterocycles. The number of aliphatic hydroxyl groups is 1. The molecule has 0 bridgehead atoms. The van der Waals surface area contributed by atoms with Crippen molar-refractivity contribution >= 4 is 0 Å². The van der Waals surface area contributed by atoms with E-state index in [4.69, 9.17) is 4.74 Å². The average molecular weight is 289 g/mol. The molecule has 1 saturated carbocycles. The van der Waals surface area contributed by atoms with Crippen LogP contribution in [0.5, 0.6) is 5.75 Å². The topological polar surface area (TPSA) is 32.7 Å². The largest absolute Gasteiger partial charge is 0.497 e. The molecule has 1 N–H and O–H groups in total. The van der Waals surface area contributed by atoms with E-state index in [0.29, 0.717) is 6.04 Å². The van der Waals surface area contributed by atoms with Gasteiger partial charge in [0.2, 0.25) is 0 Å². The van der Waals surface area contributed by atoms with Gasteiger partial charge in [-0.25, -0.2) is 0 Å². The van der Waals surface area contributed by atoms with Crippen molar-refractivity contribution in [2.24, 2.45) is 5.92 Å². The fourth-order valence-corrected chi connectivity index (χ4v) is 4.13. The molecule has 2 aliphatic rings. The quantitative estimate of drug-likeness (QED) is 0.902. The van der Waals surface area contributed by atoms with Gasteiger partial charge in [-0.05, 0) is 55.8 Å². The molecule has 116 valence electrons. The third kappa shape index (κ3) is 3.41. The number of hydrogen-bond donors (Lipinski definition) is 1. The fourth-order valence-electron chi connectivity index (χ4n) is 4.13. The molecule has 0 amide bonds. The van der Waals surface area contributed by atoms with E-state index in [2.05, 4.69) is 4.90 Å². The maximum Gasteiger partial charge on any atom is 0.119 e. The fraction of sp³-hybridized carbons (Fsp3) is 0.667. The van der Waals surface area contributed by atoms with Crippen LogP contribution in [-0.4, -0.2) is 36.2 Å². The minimum atomic E-state index is -0.415. The summed E-state index contributed by atoms with van der Waals surface area (Å²) in [7, 11) is 1.67. The highest BCUT2D eigenvalue weighted by molar-refractivity contribution is 5.30. The summed E-state index contributed by atoms with van der Waals surface area (Å²) in [6, 6.07) is 8.52. The Morgan fingerprint density at radius 2 is 2.05 bits per heavy atom. The highest BCUT2D eigenvalue weighted by atomic mass is 16.5. The number of benzene rings is 1. The molecule has 2 atom stereocenters. The van der Waals surface area contributed by atoms with Crippen LogP contribution in [0.15, 0.2) is 24.3 Å². The van der Waals surface area contributed by atoms with E-state index in [-0.39, 0.29) is 0 Å². The third-order valence-corrected chi connectivity index (χ3v) is 5.24. The lowest BCUT2D eigenvalue weighted by Gasteiger charge is -2.31. The molecule has 1 aromatic carbocycles. The smallest absolute Gasteiger partial charge is 0.119 e. The number of methoxy groups -OCH3 is 1. The zero-order valence-corrected chi connectivity index (χ0v) is 13.0. The SMILES string of the molecule is COc1cccc(C(O)CN2CCCC2C2CCCC2)c1. The van der Waals surface area contributed by atoms with Crippen LogP contribution in [0.2, 0.25) is 0 Å². The Bertz CT molecular complexity index is 456. The summed E-state index contributed by atoms with van der Waals surface area (Å²) < 4.78 is 5.25. The summed E-state index contributed by atoms with van der Waals surface area (Å²) in [6.45, 7) is 1.90. The lowest BCUT2D eigenvalue weighted by atomic mass is 9.95. The number of nitrogens with zero attached hydrogens (tertiary/aromatic N) is 1. The van der Waals surface area contributed by atoms with Crippen molar-refractivity contribution in [1.29, 1.82) is 0 Å². The molecule has 2 unspecified atom stereocenters.